The van der Waals surface area contributed by atoms with Crippen LogP contribution >= 0.6 is 0 Å². The molecule has 0 unspecified atom stereocenters. The van der Waals surface area contributed by atoms with Crippen LogP contribution in [-0.4, -0.2) is 21.6 Å². The zero-order valence-corrected chi connectivity index (χ0v) is 17.7. The molecule has 3 aromatic rings. The fraction of sp³-hybridized carbons (Fsp3) is 0.120. The standard InChI is InChI=1S/C25H20FN3O4/c1-2-16-5-11-20(12-6-16)27-23-22(18-7-13-21(14-8-18)29(32)33)24(30)28(25(23)31)15-17-3-9-19(26)10-4-17/h3-14,27H,2,15H2,1H3. The molecule has 0 bridgehead atoms. The van der Waals surface area contributed by atoms with Crippen molar-refractivity contribution in [3.63, 3.8) is 0 Å². The van der Waals surface area contributed by atoms with Crippen molar-refractivity contribution in [2.24, 2.45) is 0 Å². The van der Waals surface area contributed by atoms with Gasteiger partial charge in [-0.3, -0.25) is 24.6 Å². The summed E-state index contributed by atoms with van der Waals surface area (Å²) in [4.78, 5) is 38.1. The lowest BCUT2D eigenvalue weighted by molar-refractivity contribution is -0.384. The molecule has 7 nitrogen and oxygen atoms in total. The number of benzene rings is 3. The molecule has 0 saturated carbocycles. The Morgan fingerprint density at radius 1 is 0.879 bits per heavy atom. The van der Waals surface area contributed by atoms with Crippen LogP contribution < -0.4 is 5.32 Å². The lowest BCUT2D eigenvalue weighted by Crippen LogP contribution is -2.32. The Hall–Kier alpha value is -4.33. The third kappa shape index (κ3) is 4.50. The molecule has 1 aliphatic rings. The molecule has 0 aromatic heterocycles. The summed E-state index contributed by atoms with van der Waals surface area (Å²) >= 11 is 0. The summed E-state index contributed by atoms with van der Waals surface area (Å²) in [5, 5.41) is 14.1. The van der Waals surface area contributed by atoms with E-state index in [1.54, 1.807) is 0 Å². The number of amides is 2. The van der Waals surface area contributed by atoms with Crippen molar-refractivity contribution in [1.82, 2.24) is 4.90 Å². The minimum absolute atomic E-state index is 0.0334. The SMILES string of the molecule is CCc1ccc(NC2=C(c3ccc([N+](=O)[O-])cc3)C(=O)N(Cc3ccc(F)cc3)C2=O)cc1. The van der Waals surface area contributed by atoms with Crippen LogP contribution in [0.1, 0.15) is 23.6 Å². The number of nitrogens with one attached hydrogen (secondary N) is 1. The number of imide groups is 1. The normalized spacial score (nSPS) is 13.6. The fourth-order valence-electron chi connectivity index (χ4n) is 3.59. The quantitative estimate of drug-likeness (QED) is 0.324. The first-order chi connectivity index (χ1) is 15.9. The van der Waals surface area contributed by atoms with E-state index >= 15 is 0 Å². The number of hydrogen-bond donors (Lipinski definition) is 1. The van der Waals surface area contributed by atoms with Gasteiger partial charge in [-0.05, 0) is 59.5 Å². The lowest BCUT2D eigenvalue weighted by atomic mass is 10.0. The second kappa shape index (κ2) is 9.04. The zero-order chi connectivity index (χ0) is 23.5. The Balaban J connectivity index is 1.72. The molecule has 0 saturated heterocycles. The zero-order valence-electron chi connectivity index (χ0n) is 17.7. The molecule has 0 fully saturated rings. The van der Waals surface area contributed by atoms with Gasteiger partial charge in [-0.1, -0.05) is 31.2 Å². The van der Waals surface area contributed by atoms with Gasteiger partial charge >= 0.3 is 0 Å². The molecule has 0 aliphatic carbocycles. The van der Waals surface area contributed by atoms with E-state index in [0.717, 1.165) is 16.9 Å². The van der Waals surface area contributed by atoms with Gasteiger partial charge in [0.1, 0.15) is 11.5 Å². The van der Waals surface area contributed by atoms with Gasteiger partial charge in [0.25, 0.3) is 17.5 Å². The number of anilines is 1. The fourth-order valence-corrected chi connectivity index (χ4v) is 3.59. The maximum Gasteiger partial charge on any atom is 0.278 e. The number of halogens is 1. The largest absolute Gasteiger partial charge is 0.350 e. The van der Waals surface area contributed by atoms with Crippen molar-refractivity contribution in [2.45, 2.75) is 19.9 Å². The molecule has 4 rings (SSSR count). The number of non-ortho nitro benzene ring substituents is 1. The van der Waals surface area contributed by atoms with Gasteiger partial charge in [-0.2, -0.15) is 0 Å². The maximum atomic E-state index is 13.3. The first kappa shape index (κ1) is 21.9. The summed E-state index contributed by atoms with van der Waals surface area (Å²) in [6.07, 6.45) is 0.861. The van der Waals surface area contributed by atoms with E-state index in [9.17, 15) is 24.1 Å². The van der Waals surface area contributed by atoms with Crippen molar-refractivity contribution in [1.29, 1.82) is 0 Å². The van der Waals surface area contributed by atoms with Gasteiger partial charge in [0.05, 0.1) is 17.0 Å². The number of aryl methyl sites for hydroxylation is 1. The van der Waals surface area contributed by atoms with E-state index in [2.05, 4.69) is 5.32 Å². The molecule has 0 spiro atoms. The Kier molecular flexibility index (Phi) is 5.99. The highest BCUT2D eigenvalue weighted by molar-refractivity contribution is 6.36. The molecule has 0 radical (unpaired) electrons. The Morgan fingerprint density at radius 3 is 2.06 bits per heavy atom. The van der Waals surface area contributed by atoms with Crippen LogP contribution in [0, 0.1) is 15.9 Å². The maximum absolute atomic E-state index is 13.3. The van der Waals surface area contributed by atoms with Gasteiger partial charge in [0.2, 0.25) is 0 Å². The van der Waals surface area contributed by atoms with E-state index in [0.29, 0.717) is 16.8 Å². The van der Waals surface area contributed by atoms with Crippen molar-refractivity contribution in [3.8, 4) is 0 Å². The molecule has 1 heterocycles. The second-order valence-corrected chi connectivity index (χ2v) is 7.55. The van der Waals surface area contributed by atoms with Gasteiger partial charge < -0.3 is 5.32 Å². The van der Waals surface area contributed by atoms with E-state index in [1.807, 2.05) is 31.2 Å². The molecule has 8 heteroatoms. The highest BCUT2D eigenvalue weighted by atomic mass is 19.1. The third-order valence-corrected chi connectivity index (χ3v) is 5.42. The Labute approximate surface area is 189 Å². The van der Waals surface area contributed by atoms with Gasteiger partial charge in [0.15, 0.2) is 0 Å². The molecule has 0 atom stereocenters. The third-order valence-electron chi connectivity index (χ3n) is 5.42. The number of rotatable bonds is 7. The van der Waals surface area contributed by atoms with Crippen molar-refractivity contribution >= 4 is 28.8 Å². The summed E-state index contributed by atoms with van der Waals surface area (Å²) in [5.41, 5.74) is 2.81. The summed E-state index contributed by atoms with van der Waals surface area (Å²) in [6, 6.07) is 18.5. The number of nitro groups is 1. The molecule has 33 heavy (non-hydrogen) atoms. The van der Waals surface area contributed by atoms with E-state index in [1.165, 1.54) is 48.5 Å². The monoisotopic (exact) mass is 445 g/mol. The summed E-state index contributed by atoms with van der Waals surface area (Å²) < 4.78 is 13.3. The highest BCUT2D eigenvalue weighted by Crippen LogP contribution is 2.32. The molecule has 3 aromatic carbocycles. The highest BCUT2D eigenvalue weighted by Gasteiger charge is 2.39. The van der Waals surface area contributed by atoms with Gasteiger partial charge in [-0.15, -0.1) is 0 Å². The predicted octanol–water partition coefficient (Wildman–Crippen LogP) is 4.69. The van der Waals surface area contributed by atoms with Crippen LogP contribution in [0.2, 0.25) is 0 Å². The molecular weight excluding hydrogens is 425 g/mol. The van der Waals surface area contributed by atoms with Crippen LogP contribution in [0.15, 0.2) is 78.5 Å². The number of carbonyl (C=O) groups is 2. The molecule has 166 valence electrons. The lowest BCUT2D eigenvalue weighted by Gasteiger charge is -2.15. The first-order valence-electron chi connectivity index (χ1n) is 10.3. The number of hydrogen-bond acceptors (Lipinski definition) is 5. The van der Waals surface area contributed by atoms with Crippen LogP contribution in [0.3, 0.4) is 0 Å². The average Bonchev–Trinajstić information content (AvgIpc) is 3.05. The molecule has 2 amide bonds. The van der Waals surface area contributed by atoms with Crippen LogP contribution in [0.5, 0.6) is 0 Å². The topological polar surface area (TPSA) is 92.6 Å². The molecule has 1 N–H and O–H groups in total. The summed E-state index contributed by atoms with van der Waals surface area (Å²) in [6.45, 7) is 2.00. The van der Waals surface area contributed by atoms with Crippen LogP contribution in [0.4, 0.5) is 15.8 Å². The van der Waals surface area contributed by atoms with Gasteiger partial charge in [-0.25, -0.2) is 4.39 Å². The summed E-state index contributed by atoms with van der Waals surface area (Å²) in [7, 11) is 0. The number of nitrogens with zero attached hydrogens (tertiary/aromatic N) is 2. The predicted molar refractivity (Wildman–Crippen MR) is 121 cm³/mol. The van der Waals surface area contributed by atoms with Crippen molar-refractivity contribution < 1.29 is 18.9 Å². The molecule has 1 aliphatic heterocycles. The van der Waals surface area contributed by atoms with E-state index in [-0.39, 0.29) is 23.5 Å². The summed E-state index contributed by atoms with van der Waals surface area (Å²) in [5.74, 6) is -1.48. The Bertz CT molecular complexity index is 1250. The number of nitro benzene ring substituents is 1. The van der Waals surface area contributed by atoms with Crippen molar-refractivity contribution in [2.75, 3.05) is 5.32 Å². The molecular formula is C25H20FN3O4. The smallest absolute Gasteiger partial charge is 0.278 e. The second-order valence-electron chi connectivity index (χ2n) is 7.55. The van der Waals surface area contributed by atoms with Gasteiger partial charge in [0, 0.05) is 17.8 Å². The van der Waals surface area contributed by atoms with Crippen molar-refractivity contribution in [3.05, 3.63) is 111 Å². The number of carbonyl (C=O) groups excluding carboxylic acids is 2. The minimum Gasteiger partial charge on any atom is -0.350 e. The Morgan fingerprint density at radius 2 is 1.48 bits per heavy atom. The average molecular weight is 445 g/mol. The van der Waals surface area contributed by atoms with Crippen LogP contribution in [-0.2, 0) is 22.6 Å². The minimum atomic E-state index is -0.536. The van der Waals surface area contributed by atoms with Crippen LogP contribution in [0.25, 0.3) is 5.57 Å². The van der Waals surface area contributed by atoms with E-state index in [4.69, 9.17) is 0 Å². The first-order valence-corrected chi connectivity index (χ1v) is 10.3. The van der Waals surface area contributed by atoms with E-state index < -0.39 is 22.6 Å².